The molecule has 2 aromatic rings. The van der Waals surface area contributed by atoms with Crippen LogP contribution in [0.1, 0.15) is 35.7 Å². The molecule has 0 aliphatic carbocycles. The summed E-state index contributed by atoms with van der Waals surface area (Å²) in [5.41, 5.74) is 0.259. The van der Waals surface area contributed by atoms with Crippen LogP contribution in [0.3, 0.4) is 0 Å². The molecule has 2 heterocycles. The van der Waals surface area contributed by atoms with Crippen molar-refractivity contribution in [2.75, 3.05) is 6.54 Å². The standard InChI is InChI=1S/C15H17F3N4/c1-10(12-3-5-13(6-4-12)15(16,17)18)21-7-8-22-11(2)19-20-14(22)9-21/h3-6,10H,7-9H2,1-2H3/t10-/m0/s1. The summed E-state index contributed by atoms with van der Waals surface area (Å²) in [6, 6.07) is 5.43. The number of aromatic nitrogens is 3. The second kappa shape index (κ2) is 5.39. The Kier molecular flexibility index (Phi) is 3.68. The Morgan fingerprint density at radius 1 is 1.09 bits per heavy atom. The molecule has 1 atom stereocenters. The van der Waals surface area contributed by atoms with Crippen molar-refractivity contribution in [2.45, 2.75) is 39.2 Å². The van der Waals surface area contributed by atoms with Gasteiger partial charge in [0.25, 0.3) is 0 Å². The van der Waals surface area contributed by atoms with E-state index in [0.29, 0.717) is 6.54 Å². The highest BCUT2D eigenvalue weighted by atomic mass is 19.4. The van der Waals surface area contributed by atoms with Crippen LogP contribution >= 0.6 is 0 Å². The summed E-state index contributed by atoms with van der Waals surface area (Å²) in [6.07, 6.45) is -4.29. The predicted molar refractivity (Wildman–Crippen MR) is 75.0 cm³/mol. The Balaban J connectivity index is 1.76. The normalized spacial score (nSPS) is 17.3. The van der Waals surface area contributed by atoms with Gasteiger partial charge in [-0.15, -0.1) is 10.2 Å². The van der Waals surface area contributed by atoms with Crippen LogP contribution in [0.25, 0.3) is 0 Å². The Labute approximate surface area is 126 Å². The first-order chi connectivity index (χ1) is 10.4. The molecule has 0 unspecified atom stereocenters. The molecule has 4 nitrogen and oxygen atoms in total. The van der Waals surface area contributed by atoms with Crippen molar-refractivity contribution in [2.24, 2.45) is 0 Å². The first kappa shape index (κ1) is 15.0. The zero-order valence-corrected chi connectivity index (χ0v) is 12.4. The van der Waals surface area contributed by atoms with E-state index in [2.05, 4.69) is 19.7 Å². The molecule has 1 aliphatic rings. The number of benzene rings is 1. The van der Waals surface area contributed by atoms with Crippen molar-refractivity contribution < 1.29 is 13.2 Å². The molecule has 0 spiro atoms. The van der Waals surface area contributed by atoms with Crippen LogP contribution in [0, 0.1) is 6.92 Å². The van der Waals surface area contributed by atoms with Crippen molar-refractivity contribution in [3.63, 3.8) is 0 Å². The first-order valence-electron chi connectivity index (χ1n) is 7.16. The molecule has 1 aromatic carbocycles. The maximum Gasteiger partial charge on any atom is 0.416 e. The van der Waals surface area contributed by atoms with Gasteiger partial charge >= 0.3 is 6.18 Å². The number of aryl methyl sites for hydroxylation is 1. The van der Waals surface area contributed by atoms with E-state index in [4.69, 9.17) is 0 Å². The first-order valence-corrected chi connectivity index (χ1v) is 7.16. The largest absolute Gasteiger partial charge is 0.416 e. The number of hydrogen-bond acceptors (Lipinski definition) is 3. The SMILES string of the molecule is Cc1nnc2n1CCN([C@@H](C)c1ccc(C(F)(F)F)cc1)C2. The third kappa shape index (κ3) is 2.72. The summed E-state index contributed by atoms with van der Waals surface area (Å²) in [5, 5.41) is 8.22. The van der Waals surface area contributed by atoms with E-state index in [-0.39, 0.29) is 6.04 Å². The van der Waals surface area contributed by atoms with Gasteiger partial charge in [0.05, 0.1) is 12.1 Å². The summed E-state index contributed by atoms with van der Waals surface area (Å²) >= 11 is 0. The molecule has 0 amide bonds. The minimum absolute atomic E-state index is 0.0352. The number of hydrogen-bond donors (Lipinski definition) is 0. The Hall–Kier alpha value is -1.89. The third-order valence-corrected chi connectivity index (χ3v) is 4.24. The number of rotatable bonds is 2. The molecule has 118 valence electrons. The van der Waals surface area contributed by atoms with Gasteiger partial charge in [-0.2, -0.15) is 13.2 Å². The fourth-order valence-electron chi connectivity index (χ4n) is 2.81. The molecule has 0 radical (unpaired) electrons. The minimum atomic E-state index is -4.29. The number of fused-ring (bicyclic) bond motifs is 1. The third-order valence-electron chi connectivity index (χ3n) is 4.24. The zero-order valence-electron chi connectivity index (χ0n) is 12.4. The van der Waals surface area contributed by atoms with Crippen LogP contribution in [0.5, 0.6) is 0 Å². The van der Waals surface area contributed by atoms with E-state index >= 15 is 0 Å². The highest BCUT2D eigenvalue weighted by Gasteiger charge is 2.30. The van der Waals surface area contributed by atoms with Crippen LogP contribution in [-0.2, 0) is 19.3 Å². The van der Waals surface area contributed by atoms with Crippen LogP contribution in [0.4, 0.5) is 13.2 Å². The molecule has 1 aromatic heterocycles. The fraction of sp³-hybridized carbons (Fsp3) is 0.467. The maximum absolute atomic E-state index is 12.6. The summed E-state index contributed by atoms with van der Waals surface area (Å²) in [6.45, 7) is 6.21. The van der Waals surface area contributed by atoms with Gasteiger partial charge in [-0.25, -0.2) is 0 Å². The van der Waals surface area contributed by atoms with E-state index in [1.165, 1.54) is 0 Å². The van der Waals surface area contributed by atoms with Gasteiger partial charge < -0.3 is 4.57 Å². The van der Waals surface area contributed by atoms with E-state index < -0.39 is 11.7 Å². The van der Waals surface area contributed by atoms with Crippen molar-refractivity contribution >= 4 is 0 Å². The fourth-order valence-corrected chi connectivity index (χ4v) is 2.81. The Bertz CT molecular complexity index is 660. The van der Waals surface area contributed by atoms with Crippen molar-refractivity contribution in [1.29, 1.82) is 0 Å². The molecule has 0 saturated carbocycles. The molecule has 3 rings (SSSR count). The van der Waals surface area contributed by atoms with Crippen LogP contribution in [0.15, 0.2) is 24.3 Å². The molecular weight excluding hydrogens is 293 g/mol. The van der Waals surface area contributed by atoms with E-state index in [1.54, 1.807) is 12.1 Å². The predicted octanol–water partition coefficient (Wildman–Crippen LogP) is 3.18. The van der Waals surface area contributed by atoms with Crippen molar-refractivity contribution in [3.8, 4) is 0 Å². The second-order valence-corrected chi connectivity index (χ2v) is 5.58. The van der Waals surface area contributed by atoms with E-state index in [0.717, 1.165) is 42.4 Å². The van der Waals surface area contributed by atoms with Gasteiger partial charge in [0.2, 0.25) is 0 Å². The van der Waals surface area contributed by atoms with E-state index in [9.17, 15) is 13.2 Å². The topological polar surface area (TPSA) is 34.0 Å². The summed E-state index contributed by atoms with van der Waals surface area (Å²) in [4.78, 5) is 2.20. The monoisotopic (exact) mass is 310 g/mol. The molecule has 1 aliphatic heterocycles. The Morgan fingerprint density at radius 2 is 1.77 bits per heavy atom. The summed E-state index contributed by atoms with van der Waals surface area (Å²) in [7, 11) is 0. The second-order valence-electron chi connectivity index (χ2n) is 5.58. The molecule has 22 heavy (non-hydrogen) atoms. The summed E-state index contributed by atoms with van der Waals surface area (Å²) in [5.74, 6) is 1.80. The lowest BCUT2D eigenvalue weighted by Gasteiger charge is -2.33. The van der Waals surface area contributed by atoms with Gasteiger partial charge in [-0.1, -0.05) is 12.1 Å². The van der Waals surface area contributed by atoms with Crippen LogP contribution < -0.4 is 0 Å². The highest BCUT2D eigenvalue weighted by molar-refractivity contribution is 5.26. The average molecular weight is 310 g/mol. The van der Waals surface area contributed by atoms with Crippen LogP contribution in [0.2, 0.25) is 0 Å². The van der Waals surface area contributed by atoms with E-state index in [1.807, 2.05) is 13.8 Å². The molecule has 0 N–H and O–H groups in total. The van der Waals surface area contributed by atoms with Gasteiger partial charge in [-0.3, -0.25) is 4.90 Å². The number of nitrogens with zero attached hydrogens (tertiary/aromatic N) is 4. The summed E-state index contributed by atoms with van der Waals surface area (Å²) < 4.78 is 39.9. The number of alkyl halides is 3. The molecule has 0 bridgehead atoms. The zero-order chi connectivity index (χ0) is 15.9. The van der Waals surface area contributed by atoms with Crippen LogP contribution in [-0.4, -0.2) is 26.2 Å². The van der Waals surface area contributed by atoms with Crippen molar-refractivity contribution in [3.05, 3.63) is 47.0 Å². The van der Waals surface area contributed by atoms with Gasteiger partial charge in [0, 0.05) is 19.1 Å². The lowest BCUT2D eigenvalue weighted by molar-refractivity contribution is -0.137. The molecule has 7 heteroatoms. The smallest absolute Gasteiger partial charge is 0.313 e. The van der Waals surface area contributed by atoms with Gasteiger partial charge in [-0.05, 0) is 31.5 Å². The quantitative estimate of drug-likeness (QED) is 0.854. The average Bonchev–Trinajstić information content (AvgIpc) is 2.87. The van der Waals surface area contributed by atoms with Crippen molar-refractivity contribution in [1.82, 2.24) is 19.7 Å². The highest BCUT2D eigenvalue weighted by Crippen LogP contribution is 2.31. The molecular formula is C15H17F3N4. The Morgan fingerprint density at radius 3 is 2.41 bits per heavy atom. The molecule has 0 saturated heterocycles. The number of halogens is 3. The lowest BCUT2D eigenvalue weighted by atomic mass is 10.0. The van der Waals surface area contributed by atoms with Gasteiger partial charge in [0.15, 0.2) is 0 Å². The maximum atomic E-state index is 12.6. The lowest BCUT2D eigenvalue weighted by Crippen LogP contribution is -2.36. The molecule has 0 fully saturated rings. The minimum Gasteiger partial charge on any atom is -0.313 e. The van der Waals surface area contributed by atoms with Gasteiger partial charge in [0.1, 0.15) is 11.6 Å².